The second kappa shape index (κ2) is 7.54. The summed E-state index contributed by atoms with van der Waals surface area (Å²) in [4.78, 5) is 54.5. The molecule has 0 spiro atoms. The molecule has 33 heavy (non-hydrogen) atoms. The van der Waals surface area contributed by atoms with Gasteiger partial charge in [-0.2, -0.15) is 0 Å². The Morgan fingerprint density at radius 3 is 2.88 bits per heavy atom. The van der Waals surface area contributed by atoms with E-state index in [1.54, 1.807) is 17.6 Å². The van der Waals surface area contributed by atoms with E-state index in [0.29, 0.717) is 29.9 Å². The average molecular weight is 447 g/mol. The molecular weight excluding hydrogens is 426 g/mol. The first kappa shape index (κ1) is 20.9. The highest BCUT2D eigenvalue weighted by Crippen LogP contribution is 2.41. The number of benzene rings is 1. The molecule has 0 radical (unpaired) electrons. The molecule has 1 unspecified atom stereocenters. The van der Waals surface area contributed by atoms with Gasteiger partial charge in [-0.05, 0) is 31.5 Å². The highest BCUT2D eigenvalue weighted by molar-refractivity contribution is 5.89. The molecular formula is C24H21N3O6. The largest absolute Gasteiger partial charge is 0.457 e. The van der Waals surface area contributed by atoms with Gasteiger partial charge in [0, 0.05) is 16.5 Å². The molecule has 3 aromatic rings. The lowest BCUT2D eigenvalue weighted by atomic mass is 9.85. The predicted molar refractivity (Wildman–Crippen MR) is 117 cm³/mol. The summed E-state index contributed by atoms with van der Waals surface area (Å²) >= 11 is 0. The minimum absolute atomic E-state index is 0.0548. The Hall–Kier alpha value is -4.01. The van der Waals surface area contributed by atoms with Gasteiger partial charge in [0.15, 0.2) is 0 Å². The van der Waals surface area contributed by atoms with E-state index in [1.165, 1.54) is 6.92 Å². The number of rotatable bonds is 5. The fourth-order valence-electron chi connectivity index (χ4n) is 4.51. The fraction of sp³-hybridized carbons (Fsp3) is 0.292. The first-order valence-corrected chi connectivity index (χ1v) is 10.7. The van der Waals surface area contributed by atoms with Crippen LogP contribution < -0.4 is 10.9 Å². The van der Waals surface area contributed by atoms with Crippen LogP contribution in [0, 0.1) is 0 Å². The molecule has 9 heteroatoms. The minimum atomic E-state index is -1.79. The molecule has 0 bridgehead atoms. The molecule has 0 saturated carbocycles. The fourth-order valence-corrected chi connectivity index (χ4v) is 4.51. The Balaban J connectivity index is 1.69. The van der Waals surface area contributed by atoms with Gasteiger partial charge in [-0.25, -0.2) is 14.6 Å². The smallest absolute Gasteiger partial charge is 0.355 e. The number of hydrogen-bond acceptors (Lipinski definition) is 7. The van der Waals surface area contributed by atoms with Gasteiger partial charge in [-0.15, -0.1) is 0 Å². The maximum Gasteiger partial charge on any atom is 0.355 e. The minimum Gasteiger partial charge on any atom is -0.457 e. The van der Waals surface area contributed by atoms with Crippen LogP contribution in [0.5, 0.6) is 0 Å². The summed E-state index contributed by atoms with van der Waals surface area (Å²) in [5.41, 5.74) is 1.34. The van der Waals surface area contributed by atoms with Gasteiger partial charge in [-0.3, -0.25) is 9.59 Å². The van der Waals surface area contributed by atoms with Gasteiger partial charge >= 0.3 is 11.9 Å². The molecule has 168 valence electrons. The number of ether oxygens (including phenoxy) is 2. The van der Waals surface area contributed by atoms with Crippen molar-refractivity contribution in [3.05, 3.63) is 63.4 Å². The molecule has 5 rings (SSSR count). The molecule has 2 atom stereocenters. The van der Waals surface area contributed by atoms with E-state index >= 15 is 0 Å². The van der Waals surface area contributed by atoms with Crippen molar-refractivity contribution in [2.24, 2.45) is 0 Å². The Kier molecular flexibility index (Phi) is 4.77. The molecule has 0 saturated heterocycles. The number of carbonyl (C=O) groups is 3. The summed E-state index contributed by atoms with van der Waals surface area (Å²) in [5.74, 6) is -1.56. The summed E-state index contributed by atoms with van der Waals surface area (Å²) in [5, 5.41) is 3.28. The summed E-state index contributed by atoms with van der Waals surface area (Å²) in [7, 11) is 0. The van der Waals surface area contributed by atoms with Crippen LogP contribution in [-0.2, 0) is 42.6 Å². The van der Waals surface area contributed by atoms with Crippen LogP contribution in [0.3, 0.4) is 0 Å². The number of para-hydroxylation sites is 1. The Labute approximate surface area is 188 Å². The number of nitrogens with one attached hydrogen (secondary N) is 1. The normalized spacial score (nSPS) is 19.2. The van der Waals surface area contributed by atoms with Crippen molar-refractivity contribution < 1.29 is 23.9 Å². The van der Waals surface area contributed by atoms with Crippen molar-refractivity contribution in [2.75, 3.05) is 0 Å². The maximum atomic E-state index is 13.4. The Morgan fingerprint density at radius 2 is 2.12 bits per heavy atom. The highest BCUT2D eigenvalue weighted by atomic mass is 16.6. The highest BCUT2D eigenvalue weighted by Gasteiger charge is 2.50. The number of amides is 1. The number of cyclic esters (lactones) is 1. The van der Waals surface area contributed by atoms with Crippen molar-refractivity contribution in [1.29, 1.82) is 0 Å². The predicted octanol–water partition coefficient (Wildman–Crippen LogP) is 1.76. The van der Waals surface area contributed by atoms with Crippen molar-refractivity contribution in [3.63, 3.8) is 0 Å². The standard InChI is InChI=1S/C24H21N3O6/c1-3-24(33-22(30)13(2)25-12-28)17-9-19-20-15(8-14-6-4-5-7-18(14)26-20)10-27(19)21(29)16(17)11-32-23(24)31/h4-9,12-13H,3,10-11H2,1-2H3,(H,25,28)/t13?,24-/m0/s1. The van der Waals surface area contributed by atoms with Crippen molar-refractivity contribution in [2.45, 2.75) is 45.1 Å². The van der Waals surface area contributed by atoms with E-state index < -0.39 is 23.6 Å². The topological polar surface area (TPSA) is 117 Å². The lowest BCUT2D eigenvalue weighted by Gasteiger charge is -2.36. The third-order valence-corrected chi connectivity index (χ3v) is 6.33. The molecule has 2 aliphatic rings. The monoisotopic (exact) mass is 447 g/mol. The van der Waals surface area contributed by atoms with Gasteiger partial charge in [0.05, 0.1) is 29.0 Å². The van der Waals surface area contributed by atoms with Crippen LogP contribution in [0.2, 0.25) is 0 Å². The van der Waals surface area contributed by atoms with Crippen LogP contribution in [0.1, 0.15) is 37.0 Å². The van der Waals surface area contributed by atoms with E-state index in [0.717, 1.165) is 16.5 Å². The zero-order chi connectivity index (χ0) is 23.3. The molecule has 1 aromatic carbocycles. The third-order valence-electron chi connectivity index (χ3n) is 6.33. The number of carbonyl (C=O) groups excluding carboxylic acids is 3. The number of nitrogens with zero attached hydrogens (tertiary/aromatic N) is 2. The van der Waals surface area contributed by atoms with Crippen molar-refractivity contribution >= 4 is 29.3 Å². The van der Waals surface area contributed by atoms with Gasteiger partial charge in [0.2, 0.25) is 12.0 Å². The van der Waals surface area contributed by atoms with Crippen LogP contribution in [0.25, 0.3) is 22.3 Å². The van der Waals surface area contributed by atoms with Gasteiger partial charge < -0.3 is 19.4 Å². The number of pyridine rings is 2. The molecule has 2 aliphatic heterocycles. The lowest BCUT2D eigenvalue weighted by Crippen LogP contribution is -2.50. The van der Waals surface area contributed by atoms with Crippen LogP contribution in [0.4, 0.5) is 0 Å². The summed E-state index contributed by atoms with van der Waals surface area (Å²) in [6.45, 7) is 3.26. The van der Waals surface area contributed by atoms with E-state index in [9.17, 15) is 19.2 Å². The quantitative estimate of drug-likeness (QED) is 0.366. The number of fused-ring (bicyclic) bond motifs is 5. The second-order valence-electron chi connectivity index (χ2n) is 8.19. The molecule has 9 nitrogen and oxygen atoms in total. The van der Waals surface area contributed by atoms with Gasteiger partial charge in [0.1, 0.15) is 12.6 Å². The molecule has 0 fully saturated rings. The third kappa shape index (κ3) is 3.03. The average Bonchev–Trinajstić information content (AvgIpc) is 3.17. The van der Waals surface area contributed by atoms with Crippen LogP contribution in [0.15, 0.2) is 41.2 Å². The van der Waals surface area contributed by atoms with E-state index in [2.05, 4.69) is 5.32 Å². The Bertz CT molecular complexity index is 1390. The molecule has 0 aliphatic carbocycles. The molecule has 4 heterocycles. The number of aromatic nitrogens is 2. The zero-order valence-electron chi connectivity index (χ0n) is 18.1. The van der Waals surface area contributed by atoms with Crippen molar-refractivity contribution in [1.82, 2.24) is 14.9 Å². The summed E-state index contributed by atoms with van der Waals surface area (Å²) in [6.07, 6.45) is 0.434. The van der Waals surface area contributed by atoms with E-state index in [4.69, 9.17) is 14.5 Å². The summed E-state index contributed by atoms with van der Waals surface area (Å²) in [6, 6.07) is 10.4. The zero-order valence-corrected chi connectivity index (χ0v) is 18.1. The van der Waals surface area contributed by atoms with Crippen molar-refractivity contribution in [3.8, 4) is 11.4 Å². The SMILES string of the molecule is CC[C@@]1(OC(=O)C(C)NC=O)C(=O)OCc2c1cc1n(c2=O)Cc2cc3ccccc3nc2-1. The first-order valence-electron chi connectivity index (χ1n) is 10.7. The molecule has 1 N–H and O–H groups in total. The number of esters is 2. The second-order valence-corrected chi connectivity index (χ2v) is 8.19. The summed E-state index contributed by atoms with van der Waals surface area (Å²) < 4.78 is 12.6. The van der Waals surface area contributed by atoms with Crippen LogP contribution >= 0.6 is 0 Å². The van der Waals surface area contributed by atoms with E-state index in [1.807, 2.05) is 30.3 Å². The van der Waals surface area contributed by atoms with E-state index in [-0.39, 0.29) is 24.2 Å². The van der Waals surface area contributed by atoms with Crippen LogP contribution in [-0.4, -0.2) is 33.9 Å². The molecule has 1 amide bonds. The number of hydrogen-bond donors (Lipinski definition) is 1. The van der Waals surface area contributed by atoms with Gasteiger partial charge in [-0.1, -0.05) is 25.1 Å². The van der Waals surface area contributed by atoms with Gasteiger partial charge in [0.25, 0.3) is 5.56 Å². The molecule has 2 aromatic heterocycles. The Morgan fingerprint density at radius 1 is 1.33 bits per heavy atom. The maximum absolute atomic E-state index is 13.4. The first-order chi connectivity index (χ1) is 15.9. The lowest BCUT2D eigenvalue weighted by molar-refractivity contribution is -0.190.